The van der Waals surface area contributed by atoms with Crippen molar-refractivity contribution in [2.75, 3.05) is 46.1 Å². The van der Waals surface area contributed by atoms with Crippen molar-refractivity contribution < 1.29 is 9.47 Å². The van der Waals surface area contributed by atoms with E-state index in [4.69, 9.17) is 9.47 Å². The molecule has 4 aliphatic heterocycles. The molecule has 0 saturated carbocycles. The topological polar surface area (TPSA) is 37.0 Å². The number of nitrogens with one attached hydrogen (secondary N) is 1. The number of hydrogen-bond acceptors (Lipinski definition) is 5. The lowest BCUT2D eigenvalue weighted by atomic mass is 10.1. The minimum atomic E-state index is 0.330. The third kappa shape index (κ3) is 2.61. The third-order valence-electron chi connectivity index (χ3n) is 4.95. The minimum Gasteiger partial charge on any atom is -0.454 e. The Morgan fingerprint density at radius 1 is 1.19 bits per heavy atom. The van der Waals surface area contributed by atoms with Gasteiger partial charge >= 0.3 is 0 Å². The maximum absolute atomic E-state index is 5.46. The second kappa shape index (κ2) is 5.48. The third-order valence-corrected chi connectivity index (χ3v) is 4.95. The van der Waals surface area contributed by atoms with Crippen molar-refractivity contribution in [2.24, 2.45) is 0 Å². The fraction of sp³-hybridized carbons (Fsp3) is 0.625. The van der Waals surface area contributed by atoms with Crippen molar-refractivity contribution in [3.8, 4) is 11.5 Å². The first-order valence-corrected chi connectivity index (χ1v) is 7.89. The Morgan fingerprint density at radius 3 is 2.76 bits per heavy atom. The van der Waals surface area contributed by atoms with E-state index in [9.17, 15) is 0 Å². The average molecular weight is 289 g/mol. The van der Waals surface area contributed by atoms with Gasteiger partial charge in [-0.05, 0) is 24.6 Å². The molecule has 2 atom stereocenters. The summed E-state index contributed by atoms with van der Waals surface area (Å²) in [5, 5.41) is 3.68. The molecule has 0 spiro atoms. The summed E-state index contributed by atoms with van der Waals surface area (Å²) in [6.45, 7) is 9.76. The highest BCUT2D eigenvalue weighted by atomic mass is 16.7. The molecule has 0 amide bonds. The fourth-order valence-corrected chi connectivity index (χ4v) is 3.53. The molecule has 4 heterocycles. The van der Waals surface area contributed by atoms with Crippen LogP contribution in [0.15, 0.2) is 18.2 Å². The van der Waals surface area contributed by atoms with E-state index >= 15 is 0 Å². The highest BCUT2D eigenvalue weighted by Gasteiger charge is 2.31. The predicted molar refractivity (Wildman–Crippen MR) is 80.8 cm³/mol. The van der Waals surface area contributed by atoms with Crippen molar-refractivity contribution in [2.45, 2.75) is 19.0 Å². The van der Waals surface area contributed by atoms with Crippen molar-refractivity contribution in [1.29, 1.82) is 0 Å². The van der Waals surface area contributed by atoms with Crippen molar-refractivity contribution in [1.82, 2.24) is 15.1 Å². The summed E-state index contributed by atoms with van der Waals surface area (Å²) in [5.41, 5.74) is 1.26. The summed E-state index contributed by atoms with van der Waals surface area (Å²) in [5.74, 6) is 1.72. The first-order valence-electron chi connectivity index (χ1n) is 7.89. The van der Waals surface area contributed by atoms with Crippen LogP contribution in [0, 0.1) is 0 Å². The molecule has 1 N–H and O–H groups in total. The minimum absolute atomic E-state index is 0.330. The zero-order valence-electron chi connectivity index (χ0n) is 12.5. The molecule has 0 aromatic heterocycles. The molecular formula is C16H23N3O2. The van der Waals surface area contributed by atoms with Gasteiger partial charge in [-0.2, -0.15) is 0 Å². The molecule has 3 saturated heterocycles. The summed E-state index contributed by atoms with van der Waals surface area (Å²) in [4.78, 5) is 5.21. The lowest BCUT2D eigenvalue weighted by molar-refractivity contribution is 0.0129. The van der Waals surface area contributed by atoms with Gasteiger partial charge in [0.2, 0.25) is 6.79 Å². The lowest BCUT2D eigenvalue weighted by Crippen LogP contribution is -2.63. The largest absolute Gasteiger partial charge is 0.454 e. The van der Waals surface area contributed by atoms with Crippen LogP contribution in [0.2, 0.25) is 0 Å². The molecule has 1 aromatic carbocycles. The van der Waals surface area contributed by atoms with Gasteiger partial charge in [0.25, 0.3) is 0 Å². The summed E-state index contributed by atoms with van der Waals surface area (Å²) in [7, 11) is 0. The van der Waals surface area contributed by atoms with Crippen LogP contribution in [0.4, 0.5) is 0 Å². The van der Waals surface area contributed by atoms with E-state index in [1.807, 2.05) is 6.07 Å². The summed E-state index contributed by atoms with van der Waals surface area (Å²) >= 11 is 0. The number of hydrogen-bond donors (Lipinski definition) is 1. The van der Waals surface area contributed by atoms with Crippen molar-refractivity contribution in [3.05, 3.63) is 23.8 Å². The Kier molecular flexibility index (Phi) is 3.49. The molecule has 5 rings (SSSR count). The van der Waals surface area contributed by atoms with Gasteiger partial charge in [-0.15, -0.1) is 0 Å². The molecule has 2 bridgehead atoms. The van der Waals surface area contributed by atoms with E-state index in [0.717, 1.165) is 18.0 Å². The summed E-state index contributed by atoms with van der Waals surface area (Å²) < 4.78 is 10.8. The number of benzene rings is 1. The van der Waals surface area contributed by atoms with E-state index < -0.39 is 0 Å². The Morgan fingerprint density at radius 2 is 2.00 bits per heavy atom. The fourth-order valence-electron chi connectivity index (χ4n) is 3.53. The number of nitrogens with zero attached hydrogens (tertiary/aromatic N) is 2. The van der Waals surface area contributed by atoms with Gasteiger partial charge < -0.3 is 14.8 Å². The van der Waals surface area contributed by atoms with Gasteiger partial charge in [0.1, 0.15) is 0 Å². The van der Waals surface area contributed by atoms with E-state index in [-0.39, 0.29) is 0 Å². The second-order valence-corrected chi connectivity index (χ2v) is 6.23. The number of rotatable bonds is 4. The van der Waals surface area contributed by atoms with Gasteiger partial charge in [-0.25, -0.2) is 0 Å². The molecule has 4 aliphatic rings. The molecule has 5 heteroatoms. The van der Waals surface area contributed by atoms with Crippen LogP contribution >= 0.6 is 0 Å². The van der Waals surface area contributed by atoms with Gasteiger partial charge in [-0.3, -0.25) is 9.80 Å². The Labute approximate surface area is 125 Å². The molecule has 114 valence electrons. The molecule has 21 heavy (non-hydrogen) atoms. The SMILES string of the molecule is C[C@@H](NC[C@H]1CN2CCN1CC2)c1ccc2c(c1)OCO2. The maximum Gasteiger partial charge on any atom is 0.231 e. The quantitative estimate of drug-likeness (QED) is 0.897. The average Bonchev–Trinajstić information content (AvgIpc) is 3.01. The van der Waals surface area contributed by atoms with Gasteiger partial charge in [0.15, 0.2) is 11.5 Å². The molecule has 1 aromatic rings. The van der Waals surface area contributed by atoms with Crippen molar-refractivity contribution in [3.63, 3.8) is 0 Å². The van der Waals surface area contributed by atoms with Gasteiger partial charge in [0.05, 0.1) is 0 Å². The van der Waals surface area contributed by atoms with Crippen LogP contribution in [-0.4, -0.2) is 61.9 Å². The molecule has 0 radical (unpaired) electrons. The number of fused-ring (bicyclic) bond motifs is 4. The van der Waals surface area contributed by atoms with Crippen LogP contribution in [0.1, 0.15) is 18.5 Å². The highest BCUT2D eigenvalue weighted by Crippen LogP contribution is 2.34. The first kappa shape index (κ1) is 13.4. The van der Waals surface area contributed by atoms with E-state index in [1.54, 1.807) is 0 Å². The van der Waals surface area contributed by atoms with Crippen LogP contribution in [0.5, 0.6) is 11.5 Å². The van der Waals surface area contributed by atoms with E-state index in [2.05, 4.69) is 34.2 Å². The van der Waals surface area contributed by atoms with Gasteiger partial charge in [0, 0.05) is 51.4 Å². The monoisotopic (exact) mass is 289 g/mol. The second-order valence-electron chi connectivity index (χ2n) is 6.23. The summed E-state index contributed by atoms with van der Waals surface area (Å²) in [6.07, 6.45) is 0. The van der Waals surface area contributed by atoms with Gasteiger partial charge in [-0.1, -0.05) is 6.07 Å². The molecule has 3 fully saturated rings. The number of piperazine rings is 3. The molecule has 0 unspecified atom stereocenters. The molecule has 0 aliphatic carbocycles. The van der Waals surface area contributed by atoms with Crippen LogP contribution in [-0.2, 0) is 0 Å². The molecule has 5 nitrogen and oxygen atoms in total. The van der Waals surface area contributed by atoms with E-state index in [0.29, 0.717) is 18.9 Å². The Bertz CT molecular complexity index is 514. The van der Waals surface area contributed by atoms with Crippen molar-refractivity contribution >= 4 is 0 Å². The first-order chi connectivity index (χ1) is 10.3. The zero-order valence-corrected chi connectivity index (χ0v) is 12.5. The van der Waals surface area contributed by atoms with E-state index in [1.165, 1.54) is 38.3 Å². The predicted octanol–water partition coefficient (Wildman–Crippen LogP) is 1.07. The Balaban J connectivity index is 1.36. The summed E-state index contributed by atoms with van der Waals surface area (Å²) in [6, 6.07) is 7.21. The Hall–Kier alpha value is -1.30. The zero-order chi connectivity index (χ0) is 14.2. The highest BCUT2D eigenvalue weighted by molar-refractivity contribution is 5.45. The van der Waals surface area contributed by atoms with Crippen LogP contribution < -0.4 is 14.8 Å². The van der Waals surface area contributed by atoms with Crippen LogP contribution in [0.3, 0.4) is 0 Å². The normalized spacial score (nSPS) is 31.4. The maximum atomic E-state index is 5.46. The smallest absolute Gasteiger partial charge is 0.231 e. The van der Waals surface area contributed by atoms with Crippen LogP contribution in [0.25, 0.3) is 0 Å². The standard InChI is InChI=1S/C16H23N3O2/c1-12(13-2-3-15-16(8-13)21-11-20-15)17-9-14-10-18-4-6-19(14)7-5-18/h2-3,8,12,14,17H,4-7,9-11H2,1H3/t12-,14+/m1/s1. The lowest BCUT2D eigenvalue weighted by Gasteiger charge is -2.47. The number of ether oxygens (including phenoxy) is 2. The molecular weight excluding hydrogens is 266 g/mol.